The first-order chi connectivity index (χ1) is 8.15. The number of anilines is 1. The molecule has 1 aliphatic rings. The van der Waals surface area contributed by atoms with Crippen molar-refractivity contribution in [3.8, 4) is 0 Å². The average molecular weight is 232 g/mol. The topological polar surface area (TPSA) is 41.1 Å². The van der Waals surface area contributed by atoms with Gasteiger partial charge in [0.2, 0.25) is 5.91 Å². The predicted octanol–water partition coefficient (Wildman–Crippen LogP) is 2.38. The van der Waals surface area contributed by atoms with Gasteiger partial charge in [0, 0.05) is 5.69 Å². The number of hydrogen-bond donors (Lipinski definition) is 2. The second-order valence-corrected chi connectivity index (χ2v) is 4.87. The van der Waals surface area contributed by atoms with Gasteiger partial charge in [-0.1, -0.05) is 12.5 Å². The third kappa shape index (κ3) is 3.30. The molecule has 17 heavy (non-hydrogen) atoms. The summed E-state index contributed by atoms with van der Waals surface area (Å²) < 4.78 is 0. The second-order valence-electron chi connectivity index (χ2n) is 4.87. The van der Waals surface area contributed by atoms with Crippen LogP contribution in [0.4, 0.5) is 5.69 Å². The fourth-order valence-corrected chi connectivity index (χ4v) is 2.35. The van der Waals surface area contributed by atoms with E-state index in [0.29, 0.717) is 0 Å². The summed E-state index contributed by atoms with van der Waals surface area (Å²) in [6.45, 7) is 5.04. The second kappa shape index (κ2) is 5.32. The summed E-state index contributed by atoms with van der Waals surface area (Å²) in [5.41, 5.74) is 3.26. The SMILES string of the molecule is Cc1cc(C)cc(NC(=O)[C@@H]2CCCCN2)c1. The third-order valence-electron chi connectivity index (χ3n) is 3.12. The summed E-state index contributed by atoms with van der Waals surface area (Å²) in [7, 11) is 0. The molecule has 0 bridgehead atoms. The number of amides is 1. The summed E-state index contributed by atoms with van der Waals surface area (Å²) >= 11 is 0. The van der Waals surface area contributed by atoms with E-state index < -0.39 is 0 Å². The quantitative estimate of drug-likeness (QED) is 0.822. The van der Waals surface area contributed by atoms with Crippen molar-refractivity contribution in [2.75, 3.05) is 11.9 Å². The van der Waals surface area contributed by atoms with E-state index in [1.807, 2.05) is 26.0 Å². The lowest BCUT2D eigenvalue weighted by atomic mass is 10.0. The lowest BCUT2D eigenvalue weighted by molar-refractivity contribution is -0.118. The van der Waals surface area contributed by atoms with E-state index in [2.05, 4.69) is 16.7 Å². The van der Waals surface area contributed by atoms with Crippen LogP contribution in [0.1, 0.15) is 30.4 Å². The first-order valence-corrected chi connectivity index (χ1v) is 6.28. The summed E-state index contributed by atoms with van der Waals surface area (Å²) in [4.78, 5) is 12.0. The highest BCUT2D eigenvalue weighted by Gasteiger charge is 2.20. The van der Waals surface area contributed by atoms with Crippen LogP contribution in [-0.4, -0.2) is 18.5 Å². The molecule has 1 aromatic carbocycles. The van der Waals surface area contributed by atoms with E-state index in [1.54, 1.807) is 0 Å². The minimum Gasteiger partial charge on any atom is -0.325 e. The molecule has 1 saturated heterocycles. The van der Waals surface area contributed by atoms with Crippen LogP contribution in [0.15, 0.2) is 18.2 Å². The van der Waals surface area contributed by atoms with Gasteiger partial charge in [0.05, 0.1) is 6.04 Å². The zero-order valence-electron chi connectivity index (χ0n) is 10.5. The van der Waals surface area contributed by atoms with Crippen molar-refractivity contribution in [1.29, 1.82) is 0 Å². The van der Waals surface area contributed by atoms with Crippen LogP contribution < -0.4 is 10.6 Å². The lowest BCUT2D eigenvalue weighted by Crippen LogP contribution is -2.43. The van der Waals surface area contributed by atoms with Gasteiger partial charge in [-0.2, -0.15) is 0 Å². The summed E-state index contributed by atoms with van der Waals surface area (Å²) in [6, 6.07) is 6.10. The highest BCUT2D eigenvalue weighted by Crippen LogP contribution is 2.15. The van der Waals surface area contributed by atoms with Gasteiger partial charge in [0.25, 0.3) is 0 Å². The van der Waals surface area contributed by atoms with Crippen molar-refractivity contribution in [3.63, 3.8) is 0 Å². The molecule has 1 atom stereocenters. The summed E-state index contributed by atoms with van der Waals surface area (Å²) in [5, 5.41) is 6.25. The molecule has 1 aliphatic heterocycles. The molecular weight excluding hydrogens is 212 g/mol. The minimum absolute atomic E-state index is 0.0235. The smallest absolute Gasteiger partial charge is 0.241 e. The number of carbonyl (C=O) groups excluding carboxylic acids is 1. The first-order valence-electron chi connectivity index (χ1n) is 6.28. The van der Waals surface area contributed by atoms with Crippen LogP contribution in [0, 0.1) is 13.8 Å². The molecule has 3 heteroatoms. The summed E-state index contributed by atoms with van der Waals surface area (Å²) in [6.07, 6.45) is 3.25. The predicted molar refractivity (Wildman–Crippen MR) is 70.2 cm³/mol. The van der Waals surface area contributed by atoms with E-state index in [-0.39, 0.29) is 11.9 Å². The maximum absolute atomic E-state index is 12.0. The van der Waals surface area contributed by atoms with Crippen molar-refractivity contribution in [2.24, 2.45) is 0 Å². The Labute approximate surface area is 103 Å². The molecule has 1 amide bonds. The van der Waals surface area contributed by atoms with E-state index in [0.717, 1.165) is 25.1 Å². The third-order valence-corrected chi connectivity index (χ3v) is 3.12. The van der Waals surface area contributed by atoms with Crippen molar-refractivity contribution < 1.29 is 4.79 Å². The number of nitrogens with one attached hydrogen (secondary N) is 2. The van der Waals surface area contributed by atoms with Crippen LogP contribution >= 0.6 is 0 Å². The largest absolute Gasteiger partial charge is 0.325 e. The number of rotatable bonds is 2. The summed E-state index contributed by atoms with van der Waals surface area (Å²) in [5.74, 6) is 0.0923. The molecule has 0 unspecified atom stereocenters. The van der Waals surface area contributed by atoms with Crippen LogP contribution in [0.5, 0.6) is 0 Å². The Bertz CT molecular complexity index is 388. The Morgan fingerprint density at radius 3 is 2.53 bits per heavy atom. The van der Waals surface area contributed by atoms with Crippen molar-refractivity contribution in [3.05, 3.63) is 29.3 Å². The van der Waals surface area contributed by atoms with E-state index in [4.69, 9.17) is 0 Å². The number of hydrogen-bond acceptors (Lipinski definition) is 2. The minimum atomic E-state index is -0.0235. The Hall–Kier alpha value is -1.35. The highest BCUT2D eigenvalue weighted by atomic mass is 16.2. The number of piperidine rings is 1. The van der Waals surface area contributed by atoms with Gasteiger partial charge in [0.15, 0.2) is 0 Å². The monoisotopic (exact) mass is 232 g/mol. The van der Waals surface area contributed by atoms with Crippen LogP contribution in [-0.2, 0) is 4.79 Å². The molecule has 0 spiro atoms. The van der Waals surface area contributed by atoms with Crippen molar-refractivity contribution >= 4 is 11.6 Å². The lowest BCUT2D eigenvalue weighted by Gasteiger charge is -2.22. The molecule has 1 heterocycles. The van der Waals surface area contributed by atoms with Gasteiger partial charge < -0.3 is 10.6 Å². The van der Waals surface area contributed by atoms with Gasteiger partial charge in [-0.25, -0.2) is 0 Å². The van der Waals surface area contributed by atoms with Gasteiger partial charge >= 0.3 is 0 Å². The Morgan fingerprint density at radius 2 is 1.94 bits per heavy atom. The molecule has 2 N–H and O–H groups in total. The Balaban J connectivity index is 2.01. The van der Waals surface area contributed by atoms with Crippen molar-refractivity contribution in [1.82, 2.24) is 5.32 Å². The molecule has 92 valence electrons. The molecule has 2 rings (SSSR count). The molecular formula is C14H20N2O. The maximum Gasteiger partial charge on any atom is 0.241 e. The normalized spacial score (nSPS) is 20.0. The first kappa shape index (κ1) is 12.1. The maximum atomic E-state index is 12.0. The van der Waals surface area contributed by atoms with E-state index >= 15 is 0 Å². The fraction of sp³-hybridized carbons (Fsp3) is 0.500. The molecule has 0 aromatic heterocycles. The van der Waals surface area contributed by atoms with Crippen LogP contribution in [0.2, 0.25) is 0 Å². The number of benzene rings is 1. The van der Waals surface area contributed by atoms with Gasteiger partial charge in [-0.05, 0) is 56.5 Å². The standard InChI is InChI=1S/C14H20N2O/c1-10-7-11(2)9-12(8-10)16-14(17)13-5-3-4-6-15-13/h7-9,13,15H,3-6H2,1-2H3,(H,16,17)/t13-/m0/s1. The number of carbonyl (C=O) groups is 1. The average Bonchev–Trinajstić information content (AvgIpc) is 2.28. The fourth-order valence-electron chi connectivity index (χ4n) is 2.35. The zero-order chi connectivity index (χ0) is 12.3. The van der Waals surface area contributed by atoms with Crippen LogP contribution in [0.3, 0.4) is 0 Å². The van der Waals surface area contributed by atoms with Gasteiger partial charge in [-0.3, -0.25) is 4.79 Å². The van der Waals surface area contributed by atoms with E-state index in [9.17, 15) is 4.79 Å². The number of aryl methyl sites for hydroxylation is 2. The zero-order valence-corrected chi connectivity index (χ0v) is 10.5. The molecule has 0 aliphatic carbocycles. The van der Waals surface area contributed by atoms with Gasteiger partial charge in [-0.15, -0.1) is 0 Å². The van der Waals surface area contributed by atoms with Crippen LogP contribution in [0.25, 0.3) is 0 Å². The molecule has 3 nitrogen and oxygen atoms in total. The molecule has 1 aromatic rings. The Kier molecular flexibility index (Phi) is 3.79. The Morgan fingerprint density at radius 1 is 1.24 bits per heavy atom. The van der Waals surface area contributed by atoms with Gasteiger partial charge in [0.1, 0.15) is 0 Å². The molecule has 1 fully saturated rings. The van der Waals surface area contributed by atoms with E-state index in [1.165, 1.54) is 17.5 Å². The highest BCUT2D eigenvalue weighted by molar-refractivity contribution is 5.95. The van der Waals surface area contributed by atoms with Crippen molar-refractivity contribution in [2.45, 2.75) is 39.2 Å². The molecule has 0 saturated carbocycles. The molecule has 0 radical (unpaired) electrons.